The van der Waals surface area contributed by atoms with Crippen molar-refractivity contribution in [1.82, 2.24) is 4.81 Å². The van der Waals surface area contributed by atoms with Gasteiger partial charge in [-0.3, -0.25) is 0 Å². The molecular formula is C8H7BBr2N2. The van der Waals surface area contributed by atoms with Crippen LogP contribution in [0.2, 0.25) is 0 Å². The fourth-order valence-electron chi connectivity index (χ4n) is 1.32. The molecule has 2 nitrogen and oxygen atoms in total. The van der Waals surface area contributed by atoms with Crippen molar-refractivity contribution in [3.05, 3.63) is 45.1 Å². The average Bonchev–Trinajstić information content (AvgIpc) is 2.12. The fraction of sp³-hybridized carbons (Fsp3) is 0. The molecule has 2 rings (SSSR count). The van der Waals surface area contributed by atoms with E-state index < -0.39 is 0 Å². The molecule has 2 N–H and O–H groups in total. The molecule has 0 saturated heterocycles. The minimum Gasteiger partial charge on any atom is -0.406 e. The second kappa shape index (κ2) is 3.38. The van der Waals surface area contributed by atoms with Crippen molar-refractivity contribution in [2.24, 2.45) is 5.73 Å². The van der Waals surface area contributed by atoms with Gasteiger partial charge in [-0.15, -0.1) is 0 Å². The first-order valence-corrected chi connectivity index (χ1v) is 5.43. The standard InChI is InChI=1S/C8H7BBr2N2/c10-6-1-3-13-4-2-7(11)8(12)9(13)5-6/h1-5H,12H2. The molecule has 2 aliphatic rings. The Labute approximate surface area is 94.2 Å². The highest BCUT2D eigenvalue weighted by atomic mass is 79.9. The minimum absolute atomic E-state index is 0.138. The maximum absolute atomic E-state index is 5.94. The van der Waals surface area contributed by atoms with Crippen LogP contribution in [-0.4, -0.2) is 11.7 Å². The van der Waals surface area contributed by atoms with Gasteiger partial charge < -0.3 is 10.5 Å². The Morgan fingerprint density at radius 3 is 2.69 bits per heavy atom. The Bertz CT molecular complexity index is 357. The highest BCUT2D eigenvalue weighted by molar-refractivity contribution is 9.12. The van der Waals surface area contributed by atoms with Gasteiger partial charge in [0.05, 0.1) is 0 Å². The molecule has 0 aliphatic carbocycles. The SMILES string of the molecule is NC1=C(Br)C=CN2C=CC(Br)=CB12. The second-order valence-electron chi connectivity index (χ2n) is 2.88. The summed E-state index contributed by atoms with van der Waals surface area (Å²) in [5.41, 5.74) is 6.77. The van der Waals surface area contributed by atoms with E-state index in [0.717, 1.165) is 14.6 Å². The monoisotopic (exact) mass is 300 g/mol. The van der Waals surface area contributed by atoms with Crippen LogP contribution in [0.1, 0.15) is 0 Å². The van der Waals surface area contributed by atoms with Gasteiger partial charge in [-0.1, -0.05) is 21.9 Å². The molecule has 0 atom stereocenters. The number of allylic oxidation sites excluding steroid dienone is 4. The summed E-state index contributed by atoms with van der Waals surface area (Å²) >= 11 is 6.84. The largest absolute Gasteiger partial charge is 0.406 e. The Morgan fingerprint density at radius 2 is 1.92 bits per heavy atom. The normalized spacial score (nSPS) is 20.6. The zero-order chi connectivity index (χ0) is 9.42. The third-order valence-electron chi connectivity index (χ3n) is 2.03. The highest BCUT2D eigenvalue weighted by Crippen LogP contribution is 2.25. The third-order valence-corrected chi connectivity index (χ3v) is 3.28. The zero-order valence-electron chi connectivity index (χ0n) is 6.74. The van der Waals surface area contributed by atoms with Crippen molar-refractivity contribution < 1.29 is 0 Å². The van der Waals surface area contributed by atoms with Crippen LogP contribution in [0.25, 0.3) is 0 Å². The highest BCUT2D eigenvalue weighted by Gasteiger charge is 2.27. The average molecular weight is 302 g/mol. The Kier molecular flexibility index (Phi) is 2.38. The van der Waals surface area contributed by atoms with Crippen LogP contribution >= 0.6 is 31.9 Å². The van der Waals surface area contributed by atoms with Crippen LogP contribution < -0.4 is 5.73 Å². The van der Waals surface area contributed by atoms with Gasteiger partial charge in [0.25, 0.3) is 0 Å². The molecule has 5 heteroatoms. The van der Waals surface area contributed by atoms with Gasteiger partial charge in [0.15, 0.2) is 0 Å². The lowest BCUT2D eigenvalue weighted by Crippen LogP contribution is -2.39. The smallest absolute Gasteiger partial charge is 0.338 e. The first-order chi connectivity index (χ1) is 6.18. The number of fused-ring (bicyclic) bond motifs is 1. The molecular weight excluding hydrogens is 295 g/mol. The summed E-state index contributed by atoms with van der Waals surface area (Å²) in [7, 11) is 0. The minimum atomic E-state index is 0.138. The van der Waals surface area contributed by atoms with Gasteiger partial charge in [-0.25, -0.2) is 0 Å². The Hall–Kier alpha value is -0.415. The maximum atomic E-state index is 5.94. The zero-order valence-corrected chi connectivity index (χ0v) is 9.92. The number of nitrogens with zero attached hydrogens (tertiary/aromatic N) is 1. The lowest BCUT2D eigenvalue weighted by Gasteiger charge is -2.28. The van der Waals surface area contributed by atoms with Crippen LogP contribution in [0.5, 0.6) is 0 Å². The maximum Gasteiger partial charge on any atom is 0.338 e. The number of hydrogen-bond acceptors (Lipinski definition) is 2. The molecule has 0 fully saturated rings. The molecule has 0 aromatic carbocycles. The molecule has 2 aliphatic heterocycles. The lowest BCUT2D eigenvalue weighted by molar-refractivity contribution is 0.781. The van der Waals surface area contributed by atoms with E-state index in [-0.39, 0.29) is 6.85 Å². The predicted octanol–water partition coefficient (Wildman–Crippen LogP) is 2.26. The first-order valence-electron chi connectivity index (χ1n) is 3.85. The molecule has 2 heterocycles. The molecule has 0 aromatic rings. The van der Waals surface area contributed by atoms with Crippen molar-refractivity contribution in [2.75, 3.05) is 0 Å². The van der Waals surface area contributed by atoms with Gasteiger partial charge in [0.2, 0.25) is 0 Å². The van der Waals surface area contributed by atoms with Gasteiger partial charge in [-0.2, -0.15) is 0 Å². The molecule has 13 heavy (non-hydrogen) atoms. The predicted molar refractivity (Wildman–Crippen MR) is 63.0 cm³/mol. The molecule has 0 radical (unpaired) electrons. The first kappa shape index (κ1) is 9.15. The van der Waals surface area contributed by atoms with Crippen LogP contribution in [-0.2, 0) is 0 Å². The van der Waals surface area contributed by atoms with E-state index in [1.54, 1.807) is 0 Å². The second-order valence-corrected chi connectivity index (χ2v) is 4.65. The van der Waals surface area contributed by atoms with Gasteiger partial charge in [-0.05, 0) is 40.5 Å². The van der Waals surface area contributed by atoms with Crippen molar-refractivity contribution in [3.63, 3.8) is 0 Å². The molecule has 0 unspecified atom stereocenters. The van der Waals surface area contributed by atoms with E-state index in [9.17, 15) is 0 Å². The summed E-state index contributed by atoms with van der Waals surface area (Å²) in [6, 6.07) is 0. The van der Waals surface area contributed by atoms with Crippen LogP contribution in [0.3, 0.4) is 0 Å². The number of halogens is 2. The van der Waals surface area contributed by atoms with E-state index in [2.05, 4.69) is 42.6 Å². The van der Waals surface area contributed by atoms with Gasteiger partial charge in [0.1, 0.15) is 0 Å². The van der Waals surface area contributed by atoms with Gasteiger partial charge >= 0.3 is 6.85 Å². The summed E-state index contributed by atoms with van der Waals surface area (Å²) < 4.78 is 2.02. The van der Waals surface area contributed by atoms with Crippen molar-refractivity contribution >= 4 is 38.7 Å². The Balaban J connectivity index is 2.39. The fourth-order valence-corrected chi connectivity index (χ4v) is 2.05. The number of nitrogens with two attached hydrogens (primary N) is 1. The van der Waals surface area contributed by atoms with Gasteiger partial charge in [0, 0.05) is 14.6 Å². The van der Waals surface area contributed by atoms with Crippen LogP contribution in [0, 0.1) is 0 Å². The van der Waals surface area contributed by atoms with Crippen molar-refractivity contribution in [1.29, 1.82) is 0 Å². The summed E-state index contributed by atoms with van der Waals surface area (Å²) in [5.74, 6) is 2.07. The Morgan fingerprint density at radius 1 is 1.23 bits per heavy atom. The summed E-state index contributed by atoms with van der Waals surface area (Å²) in [5, 5.41) is 0. The van der Waals surface area contributed by atoms with E-state index in [1.165, 1.54) is 0 Å². The molecule has 0 spiro atoms. The lowest BCUT2D eigenvalue weighted by atomic mass is 9.55. The van der Waals surface area contributed by atoms with E-state index in [0.29, 0.717) is 0 Å². The van der Waals surface area contributed by atoms with Crippen LogP contribution in [0.4, 0.5) is 0 Å². The summed E-state index contributed by atoms with van der Waals surface area (Å²) in [4.78, 5) is 2.06. The van der Waals surface area contributed by atoms with Crippen molar-refractivity contribution in [3.8, 4) is 0 Å². The molecule has 0 saturated carbocycles. The third kappa shape index (κ3) is 1.63. The molecule has 0 amide bonds. The van der Waals surface area contributed by atoms with E-state index in [4.69, 9.17) is 5.73 Å². The number of hydrogen-bond donors (Lipinski definition) is 1. The topological polar surface area (TPSA) is 29.3 Å². The van der Waals surface area contributed by atoms with E-state index in [1.807, 2.05) is 24.6 Å². The quantitative estimate of drug-likeness (QED) is 0.696. The molecule has 0 bridgehead atoms. The number of rotatable bonds is 0. The summed E-state index contributed by atoms with van der Waals surface area (Å²) in [6.07, 6.45) is 7.94. The molecule has 66 valence electrons. The van der Waals surface area contributed by atoms with Crippen molar-refractivity contribution in [2.45, 2.75) is 0 Å². The van der Waals surface area contributed by atoms with E-state index >= 15 is 0 Å². The summed E-state index contributed by atoms with van der Waals surface area (Å²) in [6.45, 7) is 0.138. The van der Waals surface area contributed by atoms with Crippen LogP contribution in [0.15, 0.2) is 45.1 Å². The molecule has 0 aromatic heterocycles.